The zero-order chi connectivity index (χ0) is 14.4. The topological polar surface area (TPSA) is 47.8 Å². The average Bonchev–Trinajstić information content (AvgIpc) is 2.84. The molecular formula is C16H27N3O. The maximum absolute atomic E-state index is 12.1. The smallest absolute Gasteiger partial charge is 0.140 e. The molecule has 20 heavy (non-hydrogen) atoms. The van der Waals surface area contributed by atoms with Crippen molar-refractivity contribution in [3.63, 3.8) is 0 Å². The minimum Gasteiger partial charge on any atom is -0.299 e. The van der Waals surface area contributed by atoms with Gasteiger partial charge in [-0.2, -0.15) is 5.10 Å². The Kier molecular flexibility index (Phi) is 5.74. The molecule has 0 bridgehead atoms. The van der Waals surface area contributed by atoms with Crippen LogP contribution in [0.15, 0.2) is 6.33 Å². The van der Waals surface area contributed by atoms with E-state index in [1.165, 1.54) is 32.1 Å². The highest BCUT2D eigenvalue weighted by Crippen LogP contribution is 2.27. The molecule has 1 aromatic rings. The number of hydrogen-bond acceptors (Lipinski definition) is 3. The predicted molar refractivity (Wildman–Crippen MR) is 79.4 cm³/mol. The highest BCUT2D eigenvalue weighted by molar-refractivity contribution is 5.80. The van der Waals surface area contributed by atoms with Crippen molar-refractivity contribution in [2.45, 2.75) is 71.8 Å². The SMILES string of the molecule is CC(C)Cn1ncnc1CC(=O)CCC1CCCCC1. The molecule has 0 radical (unpaired) electrons. The van der Waals surface area contributed by atoms with Gasteiger partial charge in [0.2, 0.25) is 0 Å². The van der Waals surface area contributed by atoms with Gasteiger partial charge in [-0.05, 0) is 18.3 Å². The normalized spacial score (nSPS) is 16.8. The standard InChI is InChI=1S/C16H27N3O/c1-13(2)11-19-16(17-12-18-19)10-15(20)9-8-14-6-4-3-5-7-14/h12-14H,3-11H2,1-2H3. The van der Waals surface area contributed by atoms with Gasteiger partial charge in [0.15, 0.2) is 0 Å². The average molecular weight is 277 g/mol. The van der Waals surface area contributed by atoms with Crippen LogP contribution < -0.4 is 0 Å². The first kappa shape index (κ1) is 15.2. The quantitative estimate of drug-likeness (QED) is 0.767. The third kappa shape index (κ3) is 4.73. The lowest BCUT2D eigenvalue weighted by atomic mass is 9.85. The van der Waals surface area contributed by atoms with Crippen LogP contribution in [0.2, 0.25) is 0 Å². The minimum absolute atomic E-state index is 0.313. The number of ketones is 1. The summed E-state index contributed by atoms with van der Waals surface area (Å²) >= 11 is 0. The predicted octanol–water partition coefficient (Wildman–Crippen LogP) is 3.41. The summed E-state index contributed by atoms with van der Waals surface area (Å²) in [6.07, 6.45) is 10.5. The van der Waals surface area contributed by atoms with Gasteiger partial charge < -0.3 is 0 Å². The second kappa shape index (κ2) is 7.55. The number of carbonyl (C=O) groups is 1. The molecule has 2 rings (SSSR count). The van der Waals surface area contributed by atoms with Crippen molar-refractivity contribution in [2.24, 2.45) is 11.8 Å². The van der Waals surface area contributed by atoms with Crippen molar-refractivity contribution in [1.29, 1.82) is 0 Å². The van der Waals surface area contributed by atoms with Crippen molar-refractivity contribution in [3.05, 3.63) is 12.2 Å². The molecule has 112 valence electrons. The summed E-state index contributed by atoms with van der Waals surface area (Å²) in [6.45, 7) is 5.14. The van der Waals surface area contributed by atoms with Crippen LogP contribution in [0.25, 0.3) is 0 Å². The summed E-state index contributed by atoms with van der Waals surface area (Å²) < 4.78 is 1.88. The van der Waals surface area contributed by atoms with Crippen LogP contribution in [0.3, 0.4) is 0 Å². The van der Waals surface area contributed by atoms with Gasteiger partial charge in [0.25, 0.3) is 0 Å². The molecule has 0 amide bonds. The second-order valence-corrected chi connectivity index (χ2v) is 6.51. The molecule has 0 spiro atoms. The third-order valence-corrected chi connectivity index (χ3v) is 4.15. The molecular weight excluding hydrogens is 250 g/mol. The monoisotopic (exact) mass is 277 g/mol. The van der Waals surface area contributed by atoms with Crippen LogP contribution in [0, 0.1) is 11.8 Å². The van der Waals surface area contributed by atoms with E-state index in [1.54, 1.807) is 6.33 Å². The summed E-state index contributed by atoms with van der Waals surface area (Å²) in [5.74, 6) is 2.44. The lowest BCUT2D eigenvalue weighted by Crippen LogP contribution is -2.15. The van der Waals surface area contributed by atoms with E-state index in [0.29, 0.717) is 24.5 Å². The molecule has 0 atom stereocenters. The van der Waals surface area contributed by atoms with Crippen molar-refractivity contribution in [1.82, 2.24) is 14.8 Å². The molecule has 1 heterocycles. The number of nitrogens with zero attached hydrogens (tertiary/aromatic N) is 3. The molecule has 4 nitrogen and oxygen atoms in total. The first-order valence-electron chi connectivity index (χ1n) is 8.03. The van der Waals surface area contributed by atoms with Crippen molar-refractivity contribution < 1.29 is 4.79 Å². The summed E-state index contributed by atoms with van der Waals surface area (Å²) in [4.78, 5) is 16.3. The maximum atomic E-state index is 12.1. The summed E-state index contributed by atoms with van der Waals surface area (Å²) in [5, 5.41) is 4.21. The van der Waals surface area contributed by atoms with E-state index < -0.39 is 0 Å². The van der Waals surface area contributed by atoms with Crippen LogP contribution >= 0.6 is 0 Å². The summed E-state index contributed by atoms with van der Waals surface area (Å²) in [7, 11) is 0. The molecule has 1 aliphatic rings. The van der Waals surface area contributed by atoms with E-state index in [-0.39, 0.29) is 0 Å². The van der Waals surface area contributed by atoms with Crippen molar-refractivity contribution in [3.8, 4) is 0 Å². The first-order chi connectivity index (χ1) is 9.65. The van der Waals surface area contributed by atoms with Crippen LogP contribution in [-0.2, 0) is 17.8 Å². The van der Waals surface area contributed by atoms with Crippen LogP contribution in [0.1, 0.15) is 64.6 Å². The molecule has 0 aliphatic heterocycles. The Morgan fingerprint density at radius 2 is 2.10 bits per heavy atom. The molecule has 0 saturated heterocycles. The molecule has 1 fully saturated rings. The van der Waals surface area contributed by atoms with Gasteiger partial charge in [-0.1, -0.05) is 46.0 Å². The molecule has 1 aromatic heterocycles. The van der Waals surface area contributed by atoms with Gasteiger partial charge in [0.1, 0.15) is 17.9 Å². The zero-order valence-corrected chi connectivity index (χ0v) is 12.8. The largest absolute Gasteiger partial charge is 0.299 e. The Balaban J connectivity index is 1.77. The van der Waals surface area contributed by atoms with E-state index in [9.17, 15) is 4.79 Å². The van der Waals surface area contributed by atoms with Gasteiger partial charge in [-0.15, -0.1) is 0 Å². The van der Waals surface area contributed by atoms with Crippen LogP contribution in [-0.4, -0.2) is 20.5 Å². The van der Waals surface area contributed by atoms with Gasteiger partial charge >= 0.3 is 0 Å². The second-order valence-electron chi connectivity index (χ2n) is 6.51. The molecule has 1 saturated carbocycles. The van der Waals surface area contributed by atoms with E-state index in [0.717, 1.165) is 24.7 Å². The third-order valence-electron chi connectivity index (χ3n) is 4.15. The number of aromatic nitrogens is 3. The van der Waals surface area contributed by atoms with E-state index >= 15 is 0 Å². The van der Waals surface area contributed by atoms with Crippen molar-refractivity contribution in [2.75, 3.05) is 0 Å². The first-order valence-corrected chi connectivity index (χ1v) is 8.03. The van der Waals surface area contributed by atoms with Gasteiger partial charge in [-0.3, -0.25) is 4.79 Å². The molecule has 0 unspecified atom stereocenters. The molecule has 0 aromatic carbocycles. The number of carbonyl (C=O) groups excluding carboxylic acids is 1. The zero-order valence-electron chi connectivity index (χ0n) is 12.8. The summed E-state index contributed by atoms with van der Waals surface area (Å²) in [5.41, 5.74) is 0. The minimum atomic E-state index is 0.313. The van der Waals surface area contributed by atoms with Gasteiger partial charge in [-0.25, -0.2) is 9.67 Å². The lowest BCUT2D eigenvalue weighted by molar-refractivity contribution is -0.118. The molecule has 0 N–H and O–H groups in total. The van der Waals surface area contributed by atoms with E-state index in [1.807, 2.05) is 4.68 Å². The van der Waals surface area contributed by atoms with Gasteiger partial charge in [0, 0.05) is 13.0 Å². The van der Waals surface area contributed by atoms with Crippen LogP contribution in [0.4, 0.5) is 0 Å². The summed E-state index contributed by atoms with van der Waals surface area (Å²) in [6, 6.07) is 0. The number of Topliss-reactive ketones (excluding diaryl/α,β-unsaturated/α-hetero) is 1. The fourth-order valence-electron chi connectivity index (χ4n) is 3.03. The van der Waals surface area contributed by atoms with E-state index in [4.69, 9.17) is 0 Å². The number of hydrogen-bond donors (Lipinski definition) is 0. The maximum Gasteiger partial charge on any atom is 0.140 e. The molecule has 1 aliphatic carbocycles. The Bertz CT molecular complexity index is 419. The molecule has 4 heteroatoms. The Labute approximate surface area is 122 Å². The lowest BCUT2D eigenvalue weighted by Gasteiger charge is -2.20. The fraction of sp³-hybridized carbons (Fsp3) is 0.812. The number of rotatable bonds is 7. The highest BCUT2D eigenvalue weighted by Gasteiger charge is 2.16. The van der Waals surface area contributed by atoms with Gasteiger partial charge in [0.05, 0.1) is 6.42 Å². The highest BCUT2D eigenvalue weighted by atomic mass is 16.1. The van der Waals surface area contributed by atoms with Crippen LogP contribution in [0.5, 0.6) is 0 Å². The fourth-order valence-corrected chi connectivity index (χ4v) is 3.03. The Hall–Kier alpha value is -1.19. The van der Waals surface area contributed by atoms with Crippen molar-refractivity contribution >= 4 is 5.78 Å². The Morgan fingerprint density at radius 1 is 1.35 bits per heavy atom. The Morgan fingerprint density at radius 3 is 2.80 bits per heavy atom. The van der Waals surface area contributed by atoms with E-state index in [2.05, 4.69) is 23.9 Å².